The van der Waals surface area contributed by atoms with Crippen LogP contribution in [-0.4, -0.2) is 24.2 Å². The van der Waals surface area contributed by atoms with E-state index < -0.39 is 5.97 Å². The Bertz CT molecular complexity index is 323. The van der Waals surface area contributed by atoms with Gasteiger partial charge < -0.3 is 9.47 Å². The fraction of sp³-hybridized carbons (Fsp3) is 0.400. The van der Waals surface area contributed by atoms with E-state index in [1.807, 2.05) is 13.8 Å². The van der Waals surface area contributed by atoms with E-state index in [1.165, 1.54) is 13.3 Å². The smallest absolute Gasteiger partial charge is 0.343 e. The molecule has 0 fully saturated rings. The Balaban J connectivity index is 2.97. The average Bonchev–Trinajstić information content (AvgIpc) is 2.16. The fourth-order valence-corrected chi connectivity index (χ4v) is 1.00. The molecule has 4 nitrogen and oxygen atoms in total. The first-order valence-corrected chi connectivity index (χ1v) is 4.34. The summed E-state index contributed by atoms with van der Waals surface area (Å²) in [6.07, 6.45) is 3.02. The van der Waals surface area contributed by atoms with E-state index in [2.05, 4.69) is 9.72 Å². The van der Waals surface area contributed by atoms with Gasteiger partial charge in [0.2, 0.25) is 0 Å². The molecule has 0 spiro atoms. The van der Waals surface area contributed by atoms with E-state index in [0.717, 1.165) is 0 Å². The molecule has 0 unspecified atom stereocenters. The van der Waals surface area contributed by atoms with Crippen LogP contribution in [-0.2, 0) is 4.74 Å². The Morgan fingerprint density at radius 2 is 2.21 bits per heavy atom. The van der Waals surface area contributed by atoms with Crippen molar-refractivity contribution in [3.8, 4) is 5.75 Å². The van der Waals surface area contributed by atoms with Gasteiger partial charge in [0.05, 0.1) is 13.2 Å². The quantitative estimate of drug-likeness (QED) is 0.688. The van der Waals surface area contributed by atoms with Crippen molar-refractivity contribution in [2.24, 2.45) is 0 Å². The zero-order chi connectivity index (χ0) is 10.6. The van der Waals surface area contributed by atoms with E-state index >= 15 is 0 Å². The maximum Gasteiger partial charge on any atom is 0.343 e. The minimum Gasteiger partial charge on any atom is -0.490 e. The number of carbonyl (C=O) groups is 1. The normalized spacial score (nSPS) is 10.0. The molecule has 0 aliphatic carbocycles. The predicted octanol–water partition coefficient (Wildman–Crippen LogP) is 1.66. The van der Waals surface area contributed by atoms with Crippen molar-refractivity contribution in [2.75, 3.05) is 7.11 Å². The van der Waals surface area contributed by atoms with E-state index in [9.17, 15) is 4.79 Å². The van der Waals surface area contributed by atoms with Gasteiger partial charge in [0, 0.05) is 12.4 Å². The van der Waals surface area contributed by atoms with Crippen molar-refractivity contribution in [3.05, 3.63) is 24.0 Å². The molecular formula is C10H13NO3. The highest BCUT2D eigenvalue weighted by molar-refractivity contribution is 5.91. The van der Waals surface area contributed by atoms with Gasteiger partial charge >= 0.3 is 5.97 Å². The summed E-state index contributed by atoms with van der Waals surface area (Å²) in [6.45, 7) is 3.78. The number of hydrogen-bond donors (Lipinski definition) is 0. The van der Waals surface area contributed by atoms with Gasteiger partial charge in [0.25, 0.3) is 0 Å². The predicted molar refractivity (Wildman–Crippen MR) is 51.3 cm³/mol. The number of ether oxygens (including phenoxy) is 2. The monoisotopic (exact) mass is 195 g/mol. The SMILES string of the molecule is COC(=O)c1cnccc1OC(C)C. The highest BCUT2D eigenvalue weighted by atomic mass is 16.5. The molecule has 0 radical (unpaired) electrons. The molecule has 0 saturated heterocycles. The number of rotatable bonds is 3. The first kappa shape index (κ1) is 10.5. The van der Waals surface area contributed by atoms with Crippen LogP contribution in [0.3, 0.4) is 0 Å². The van der Waals surface area contributed by atoms with Crippen LogP contribution in [0.25, 0.3) is 0 Å². The van der Waals surface area contributed by atoms with Gasteiger partial charge in [-0.2, -0.15) is 0 Å². The molecule has 1 heterocycles. The van der Waals surface area contributed by atoms with Crippen molar-refractivity contribution < 1.29 is 14.3 Å². The molecule has 0 bridgehead atoms. The van der Waals surface area contributed by atoms with Crippen LogP contribution in [0, 0.1) is 0 Å². The molecule has 1 rings (SSSR count). The first-order chi connectivity index (χ1) is 6.65. The van der Waals surface area contributed by atoms with Gasteiger partial charge in [-0.3, -0.25) is 4.98 Å². The van der Waals surface area contributed by atoms with Crippen LogP contribution in [0.1, 0.15) is 24.2 Å². The summed E-state index contributed by atoms with van der Waals surface area (Å²) >= 11 is 0. The summed E-state index contributed by atoms with van der Waals surface area (Å²) in [5, 5.41) is 0. The Morgan fingerprint density at radius 3 is 2.79 bits per heavy atom. The van der Waals surface area contributed by atoms with Gasteiger partial charge in [-0.15, -0.1) is 0 Å². The Morgan fingerprint density at radius 1 is 1.50 bits per heavy atom. The fourth-order valence-electron chi connectivity index (χ4n) is 1.00. The summed E-state index contributed by atoms with van der Waals surface area (Å²) in [7, 11) is 1.33. The lowest BCUT2D eigenvalue weighted by Crippen LogP contribution is -2.11. The molecular weight excluding hydrogens is 182 g/mol. The van der Waals surface area contributed by atoms with E-state index in [0.29, 0.717) is 11.3 Å². The minimum atomic E-state index is -0.436. The summed E-state index contributed by atoms with van der Waals surface area (Å²) in [5.41, 5.74) is 0.351. The van der Waals surface area contributed by atoms with Crippen molar-refractivity contribution in [3.63, 3.8) is 0 Å². The summed E-state index contributed by atoms with van der Waals surface area (Å²) in [6, 6.07) is 1.65. The molecule has 0 atom stereocenters. The van der Waals surface area contributed by atoms with Gasteiger partial charge in [-0.1, -0.05) is 0 Å². The minimum absolute atomic E-state index is 0.0146. The number of carbonyl (C=O) groups excluding carboxylic acids is 1. The number of pyridine rings is 1. The maximum atomic E-state index is 11.3. The molecule has 0 saturated carbocycles. The van der Waals surface area contributed by atoms with Crippen molar-refractivity contribution >= 4 is 5.97 Å². The highest BCUT2D eigenvalue weighted by Crippen LogP contribution is 2.18. The molecule has 0 aliphatic heterocycles. The number of nitrogens with zero attached hydrogens (tertiary/aromatic N) is 1. The number of esters is 1. The second-order valence-corrected chi connectivity index (χ2v) is 3.03. The Labute approximate surface area is 82.9 Å². The first-order valence-electron chi connectivity index (χ1n) is 4.34. The molecule has 0 aromatic carbocycles. The molecule has 1 aromatic rings. The van der Waals surface area contributed by atoms with E-state index in [-0.39, 0.29) is 6.10 Å². The maximum absolute atomic E-state index is 11.3. The van der Waals surface area contributed by atoms with Gasteiger partial charge in [0.1, 0.15) is 11.3 Å². The molecule has 0 N–H and O–H groups in total. The van der Waals surface area contributed by atoms with Crippen LogP contribution in [0.5, 0.6) is 5.75 Å². The zero-order valence-electron chi connectivity index (χ0n) is 8.48. The Kier molecular flexibility index (Phi) is 3.45. The number of methoxy groups -OCH3 is 1. The number of aromatic nitrogens is 1. The average molecular weight is 195 g/mol. The zero-order valence-corrected chi connectivity index (χ0v) is 8.48. The summed E-state index contributed by atoms with van der Waals surface area (Å²) in [5.74, 6) is 0.0654. The topological polar surface area (TPSA) is 48.4 Å². The third-order valence-corrected chi connectivity index (χ3v) is 1.55. The van der Waals surface area contributed by atoms with Crippen molar-refractivity contribution in [2.45, 2.75) is 20.0 Å². The van der Waals surface area contributed by atoms with Crippen LogP contribution in [0.15, 0.2) is 18.5 Å². The van der Waals surface area contributed by atoms with Crippen LogP contribution >= 0.6 is 0 Å². The Hall–Kier alpha value is -1.58. The van der Waals surface area contributed by atoms with E-state index in [4.69, 9.17) is 4.74 Å². The molecule has 1 aromatic heterocycles. The highest BCUT2D eigenvalue weighted by Gasteiger charge is 2.13. The van der Waals surface area contributed by atoms with Gasteiger partial charge in [-0.05, 0) is 19.9 Å². The van der Waals surface area contributed by atoms with Crippen LogP contribution < -0.4 is 4.74 Å². The lowest BCUT2D eigenvalue weighted by molar-refractivity contribution is 0.0594. The largest absolute Gasteiger partial charge is 0.490 e. The van der Waals surface area contributed by atoms with Crippen LogP contribution in [0.2, 0.25) is 0 Å². The third-order valence-electron chi connectivity index (χ3n) is 1.55. The standard InChI is InChI=1S/C10H13NO3/c1-7(2)14-9-4-5-11-6-8(9)10(12)13-3/h4-7H,1-3H3. The molecule has 0 amide bonds. The van der Waals surface area contributed by atoms with E-state index in [1.54, 1.807) is 12.3 Å². The van der Waals surface area contributed by atoms with Crippen molar-refractivity contribution in [1.82, 2.24) is 4.98 Å². The second-order valence-electron chi connectivity index (χ2n) is 3.03. The molecule has 14 heavy (non-hydrogen) atoms. The van der Waals surface area contributed by atoms with Crippen molar-refractivity contribution in [1.29, 1.82) is 0 Å². The summed E-state index contributed by atoms with van der Waals surface area (Å²) < 4.78 is 10.0. The van der Waals surface area contributed by atoms with Gasteiger partial charge in [0.15, 0.2) is 0 Å². The molecule has 4 heteroatoms. The second kappa shape index (κ2) is 4.60. The summed E-state index contributed by atoms with van der Waals surface area (Å²) in [4.78, 5) is 15.1. The molecule has 76 valence electrons. The number of hydrogen-bond acceptors (Lipinski definition) is 4. The lowest BCUT2D eigenvalue weighted by atomic mass is 10.2. The van der Waals surface area contributed by atoms with Crippen LogP contribution in [0.4, 0.5) is 0 Å². The lowest BCUT2D eigenvalue weighted by Gasteiger charge is -2.11. The van der Waals surface area contributed by atoms with Gasteiger partial charge in [-0.25, -0.2) is 4.79 Å². The molecule has 0 aliphatic rings. The third kappa shape index (κ3) is 2.45.